The number of amides is 1. The predicted molar refractivity (Wildman–Crippen MR) is 63.6 cm³/mol. The number of hydroxylamine groups is 2. The van der Waals surface area contributed by atoms with Crippen LogP contribution in [0.15, 0.2) is 24.3 Å². The molecular weight excluding hydrogens is 218 g/mol. The van der Waals surface area contributed by atoms with Crippen LogP contribution in [0.4, 0.5) is 0 Å². The first-order chi connectivity index (χ1) is 8.17. The van der Waals surface area contributed by atoms with Crippen molar-refractivity contribution in [1.29, 1.82) is 0 Å². The van der Waals surface area contributed by atoms with E-state index in [-0.39, 0.29) is 11.8 Å². The number of nitrogens with zero attached hydrogens (tertiary/aromatic N) is 1. The number of rotatable bonds is 4. The Morgan fingerprint density at radius 3 is 2.47 bits per heavy atom. The minimum Gasteiger partial charge on any atom is -0.497 e. The third-order valence-electron chi connectivity index (χ3n) is 3.24. The second kappa shape index (κ2) is 4.75. The molecule has 17 heavy (non-hydrogen) atoms. The van der Waals surface area contributed by atoms with Crippen molar-refractivity contribution >= 4 is 5.91 Å². The van der Waals surface area contributed by atoms with Gasteiger partial charge in [-0.05, 0) is 30.0 Å². The lowest BCUT2D eigenvalue weighted by Gasteiger charge is -2.13. The molecule has 2 atom stereocenters. The van der Waals surface area contributed by atoms with E-state index in [1.807, 2.05) is 24.3 Å². The van der Waals surface area contributed by atoms with Crippen LogP contribution in [-0.4, -0.2) is 32.2 Å². The molecule has 0 aliphatic heterocycles. The van der Waals surface area contributed by atoms with E-state index in [0.717, 1.165) is 12.2 Å². The van der Waals surface area contributed by atoms with E-state index < -0.39 is 0 Å². The Morgan fingerprint density at radius 2 is 1.94 bits per heavy atom. The van der Waals surface area contributed by atoms with Crippen LogP contribution in [-0.2, 0) is 9.63 Å². The van der Waals surface area contributed by atoms with Crippen LogP contribution < -0.4 is 4.74 Å². The number of ether oxygens (including phenoxy) is 1. The monoisotopic (exact) mass is 235 g/mol. The topological polar surface area (TPSA) is 38.8 Å². The van der Waals surface area contributed by atoms with Crippen molar-refractivity contribution in [2.75, 3.05) is 21.3 Å². The summed E-state index contributed by atoms with van der Waals surface area (Å²) in [6, 6.07) is 7.89. The van der Waals surface area contributed by atoms with Gasteiger partial charge in [0.25, 0.3) is 0 Å². The van der Waals surface area contributed by atoms with Crippen LogP contribution in [0.25, 0.3) is 0 Å². The zero-order valence-electron chi connectivity index (χ0n) is 10.3. The average Bonchev–Trinajstić information content (AvgIpc) is 3.17. The third kappa shape index (κ3) is 2.42. The van der Waals surface area contributed by atoms with Crippen molar-refractivity contribution in [3.8, 4) is 5.75 Å². The summed E-state index contributed by atoms with van der Waals surface area (Å²) in [5.41, 5.74) is 1.19. The zero-order chi connectivity index (χ0) is 12.4. The van der Waals surface area contributed by atoms with E-state index in [1.165, 1.54) is 17.7 Å². The predicted octanol–water partition coefficient (Wildman–Crippen LogP) is 1.82. The Hall–Kier alpha value is -1.55. The van der Waals surface area contributed by atoms with Crippen LogP contribution in [0.5, 0.6) is 5.75 Å². The maximum Gasteiger partial charge on any atom is 0.249 e. The number of benzene rings is 1. The van der Waals surface area contributed by atoms with E-state index >= 15 is 0 Å². The number of carbonyl (C=O) groups is 1. The molecular formula is C13H17NO3. The second-order valence-corrected chi connectivity index (χ2v) is 4.24. The molecule has 1 fully saturated rings. The van der Waals surface area contributed by atoms with Gasteiger partial charge in [-0.3, -0.25) is 9.63 Å². The number of hydrogen-bond donors (Lipinski definition) is 0. The van der Waals surface area contributed by atoms with Gasteiger partial charge in [0, 0.05) is 13.0 Å². The Bertz CT molecular complexity index is 402. The highest BCUT2D eigenvalue weighted by Gasteiger charge is 2.45. The van der Waals surface area contributed by atoms with Gasteiger partial charge in [0.15, 0.2) is 0 Å². The van der Waals surface area contributed by atoms with Crippen molar-refractivity contribution < 1.29 is 14.4 Å². The molecule has 92 valence electrons. The number of methoxy groups -OCH3 is 1. The SMILES string of the molecule is COc1ccc([C@@H]2C[C@H]2C(=O)N(C)OC)cc1. The maximum absolute atomic E-state index is 11.8. The van der Waals surface area contributed by atoms with Crippen molar-refractivity contribution in [3.63, 3.8) is 0 Å². The second-order valence-electron chi connectivity index (χ2n) is 4.24. The van der Waals surface area contributed by atoms with Gasteiger partial charge in [-0.15, -0.1) is 0 Å². The van der Waals surface area contributed by atoms with E-state index in [9.17, 15) is 4.79 Å². The van der Waals surface area contributed by atoms with E-state index in [2.05, 4.69) is 0 Å². The van der Waals surface area contributed by atoms with Gasteiger partial charge in [0.05, 0.1) is 14.2 Å². The minimum absolute atomic E-state index is 0.0494. The molecule has 1 aliphatic rings. The molecule has 0 bridgehead atoms. The normalized spacial score (nSPS) is 22.1. The van der Waals surface area contributed by atoms with Gasteiger partial charge in [-0.2, -0.15) is 0 Å². The van der Waals surface area contributed by atoms with Crippen molar-refractivity contribution in [1.82, 2.24) is 5.06 Å². The van der Waals surface area contributed by atoms with Gasteiger partial charge < -0.3 is 4.74 Å². The largest absolute Gasteiger partial charge is 0.497 e. The molecule has 1 aliphatic carbocycles. The van der Waals surface area contributed by atoms with Crippen LogP contribution in [0.1, 0.15) is 17.9 Å². The molecule has 0 heterocycles. The molecule has 1 amide bonds. The quantitative estimate of drug-likeness (QED) is 0.747. The first kappa shape index (κ1) is 11.9. The summed E-state index contributed by atoms with van der Waals surface area (Å²) in [6.07, 6.45) is 0.902. The Labute approximate surface area is 101 Å². The summed E-state index contributed by atoms with van der Waals surface area (Å²) in [5.74, 6) is 1.28. The molecule has 1 aromatic rings. The first-order valence-corrected chi connectivity index (χ1v) is 5.63. The lowest BCUT2D eigenvalue weighted by Crippen LogP contribution is -2.27. The molecule has 0 saturated heterocycles. The summed E-state index contributed by atoms with van der Waals surface area (Å²) in [5, 5.41) is 1.30. The molecule has 4 nitrogen and oxygen atoms in total. The van der Waals surface area contributed by atoms with Crippen LogP contribution in [0.3, 0.4) is 0 Å². The zero-order valence-corrected chi connectivity index (χ0v) is 10.3. The van der Waals surface area contributed by atoms with Crippen molar-refractivity contribution in [2.45, 2.75) is 12.3 Å². The van der Waals surface area contributed by atoms with Gasteiger partial charge >= 0.3 is 0 Å². The lowest BCUT2D eigenvalue weighted by atomic mass is 10.1. The van der Waals surface area contributed by atoms with Crippen molar-refractivity contribution in [2.24, 2.45) is 5.92 Å². The molecule has 0 unspecified atom stereocenters. The maximum atomic E-state index is 11.8. The lowest BCUT2D eigenvalue weighted by molar-refractivity contribution is -0.170. The number of hydrogen-bond acceptors (Lipinski definition) is 3. The highest BCUT2D eigenvalue weighted by Crippen LogP contribution is 2.48. The summed E-state index contributed by atoms with van der Waals surface area (Å²) >= 11 is 0. The highest BCUT2D eigenvalue weighted by atomic mass is 16.7. The molecule has 0 aromatic heterocycles. The van der Waals surface area contributed by atoms with Crippen molar-refractivity contribution in [3.05, 3.63) is 29.8 Å². The fourth-order valence-corrected chi connectivity index (χ4v) is 2.01. The fourth-order valence-electron chi connectivity index (χ4n) is 2.01. The Morgan fingerprint density at radius 1 is 1.29 bits per heavy atom. The summed E-state index contributed by atoms with van der Waals surface area (Å²) in [4.78, 5) is 16.7. The molecule has 4 heteroatoms. The van der Waals surface area contributed by atoms with Gasteiger partial charge in [-0.1, -0.05) is 12.1 Å². The Balaban J connectivity index is 2.00. The van der Waals surface area contributed by atoms with Gasteiger partial charge in [0.2, 0.25) is 5.91 Å². The molecule has 2 rings (SSSR count). The third-order valence-corrected chi connectivity index (χ3v) is 3.24. The summed E-state index contributed by atoms with van der Waals surface area (Å²) < 4.78 is 5.10. The van der Waals surface area contributed by atoms with Crippen LogP contribution >= 0.6 is 0 Å². The van der Waals surface area contributed by atoms with E-state index in [0.29, 0.717) is 5.92 Å². The first-order valence-electron chi connectivity index (χ1n) is 5.63. The molecule has 1 saturated carbocycles. The van der Waals surface area contributed by atoms with Crippen LogP contribution in [0, 0.1) is 5.92 Å². The van der Waals surface area contributed by atoms with E-state index in [1.54, 1.807) is 14.2 Å². The highest BCUT2D eigenvalue weighted by molar-refractivity contribution is 5.81. The van der Waals surface area contributed by atoms with Crippen LogP contribution in [0.2, 0.25) is 0 Å². The number of carbonyl (C=O) groups excluding carboxylic acids is 1. The Kier molecular flexibility index (Phi) is 3.33. The van der Waals surface area contributed by atoms with Gasteiger partial charge in [0.1, 0.15) is 5.75 Å². The molecule has 1 aromatic carbocycles. The summed E-state index contributed by atoms with van der Waals surface area (Å²) in [6.45, 7) is 0. The van der Waals surface area contributed by atoms with Gasteiger partial charge in [-0.25, -0.2) is 5.06 Å². The molecule has 0 N–H and O–H groups in total. The molecule has 0 radical (unpaired) electrons. The summed E-state index contributed by atoms with van der Waals surface area (Å²) in [7, 11) is 4.79. The minimum atomic E-state index is 0.0494. The standard InChI is InChI=1S/C13H17NO3/c1-14(17-3)13(15)12-8-11(12)9-4-6-10(16-2)7-5-9/h4-7,11-12H,8H2,1-3H3/t11-,12+/m0/s1. The smallest absolute Gasteiger partial charge is 0.249 e. The fraction of sp³-hybridized carbons (Fsp3) is 0.462. The average molecular weight is 235 g/mol. The van der Waals surface area contributed by atoms with E-state index in [4.69, 9.17) is 9.57 Å². The molecule has 0 spiro atoms.